The van der Waals surface area contributed by atoms with E-state index in [4.69, 9.17) is 17.2 Å². The summed E-state index contributed by atoms with van der Waals surface area (Å²) in [5.41, 5.74) is 16.3. The SMILES string of the molecule is CCCCCCCCCCCCNC(=O)[C@H]1CC(=O)N[C@H](CO)C(=O)N[C@@H](Cc2ccc(O)cc2)C(=O)N[C@H](CC(N)=O)C(=O)NCC(=O)N[C@@H](CC(N)=O)C(=O)N[C@@H](CO)C(=O)N[C@@H](CC(N)=O)C(=O)N1. The van der Waals surface area contributed by atoms with Crippen molar-refractivity contribution in [1.29, 1.82) is 0 Å². The maximum Gasteiger partial charge on any atom is 0.245 e. The molecule has 1 aromatic rings. The van der Waals surface area contributed by atoms with Crippen molar-refractivity contribution in [3.63, 3.8) is 0 Å². The fourth-order valence-electron chi connectivity index (χ4n) is 7.19. The van der Waals surface area contributed by atoms with Gasteiger partial charge in [-0.1, -0.05) is 76.8 Å². The first kappa shape index (κ1) is 60.7. The Bertz CT molecular complexity index is 2060. The van der Waals surface area contributed by atoms with Gasteiger partial charge in [-0.25, -0.2) is 0 Å². The number of unbranched alkanes of at least 4 members (excludes halogenated alkanes) is 9. The predicted octanol–water partition coefficient (Wildman–Crippen LogP) is -5.50. The number of hydrogen-bond donors (Lipinski definition) is 15. The second kappa shape index (κ2) is 32.5. The Morgan fingerprint density at radius 1 is 0.528 bits per heavy atom. The summed E-state index contributed by atoms with van der Waals surface area (Å²) in [7, 11) is 0. The highest BCUT2D eigenvalue weighted by Gasteiger charge is 2.35. The Labute approximate surface area is 415 Å². The summed E-state index contributed by atoms with van der Waals surface area (Å²) in [5.74, 6) is -14.2. The molecule has 1 aliphatic heterocycles. The molecule has 1 fully saturated rings. The highest BCUT2D eigenvalue weighted by Crippen LogP contribution is 2.13. The van der Waals surface area contributed by atoms with Crippen molar-refractivity contribution in [3.05, 3.63) is 29.8 Å². The molecule has 12 amide bonds. The third-order valence-corrected chi connectivity index (χ3v) is 11.1. The lowest BCUT2D eigenvalue weighted by molar-refractivity contribution is -0.137. The van der Waals surface area contributed by atoms with Crippen LogP contribution in [0.25, 0.3) is 0 Å². The van der Waals surface area contributed by atoms with E-state index < -0.39 is 159 Å². The molecule has 7 atom stereocenters. The Hall–Kier alpha value is -7.42. The Balaban J connectivity index is 2.58. The number of primary amides is 3. The maximum absolute atomic E-state index is 13.9. The molecular formula is C45H70N12O15. The third-order valence-electron chi connectivity index (χ3n) is 11.1. The molecule has 0 aliphatic carbocycles. The van der Waals surface area contributed by atoms with Crippen molar-refractivity contribution < 1.29 is 72.9 Å². The summed E-state index contributed by atoms with van der Waals surface area (Å²) in [6.45, 7) is -1.03. The number of aliphatic hydroxyl groups excluding tert-OH is 2. The van der Waals surface area contributed by atoms with Gasteiger partial charge in [0.1, 0.15) is 48.0 Å². The standard InChI is InChI=1S/C45H70N12O15/c1-2-3-4-5-6-7-8-9-10-11-16-49-39(66)31-21-37(64)52-32(23-58)44(71)53-27(17-25-12-14-26(60)15-13-25)41(68)54-28(18-34(46)61)40(67)50-22-38(65)51-29(19-35(47)62)42(69)57-33(24-59)45(72)55-30(20-36(48)63)43(70)56-31/h12-15,27-33,58-60H,2-11,16-24H2,1H3,(H2,46,61)(H2,47,62)(H2,48,63)(H,49,66)(H,50,67)(H,51,65)(H,52,64)(H,53,71)(H,54,68)(H,55,72)(H,56,70)(H,57,69)/t27-,28+,29-,30-,31+,32+,33-/m0/s1. The molecule has 27 heteroatoms. The fourth-order valence-corrected chi connectivity index (χ4v) is 7.19. The monoisotopic (exact) mass is 1020 g/mol. The average molecular weight is 1020 g/mol. The normalized spacial score (nSPS) is 22.4. The Kier molecular flexibility index (Phi) is 27.4. The Morgan fingerprint density at radius 2 is 0.931 bits per heavy atom. The minimum Gasteiger partial charge on any atom is -0.508 e. The van der Waals surface area contributed by atoms with Gasteiger partial charge >= 0.3 is 0 Å². The van der Waals surface area contributed by atoms with Crippen LogP contribution in [0.1, 0.15) is 102 Å². The van der Waals surface area contributed by atoms with Gasteiger partial charge in [-0.15, -0.1) is 0 Å². The van der Waals surface area contributed by atoms with Crippen molar-refractivity contribution in [2.75, 3.05) is 26.3 Å². The largest absolute Gasteiger partial charge is 0.508 e. The number of amides is 12. The number of nitrogens with two attached hydrogens (primary N) is 3. The smallest absolute Gasteiger partial charge is 0.245 e. The second-order valence-corrected chi connectivity index (χ2v) is 17.2. The topological polar surface area (TPSA) is 452 Å². The van der Waals surface area contributed by atoms with E-state index in [0.717, 1.165) is 44.9 Å². The minimum atomic E-state index is -1.95. The van der Waals surface area contributed by atoms with Gasteiger partial charge in [0.05, 0.1) is 45.4 Å². The zero-order chi connectivity index (χ0) is 53.8. The van der Waals surface area contributed by atoms with E-state index >= 15 is 0 Å². The zero-order valence-electron chi connectivity index (χ0n) is 40.3. The molecule has 0 bridgehead atoms. The zero-order valence-corrected chi connectivity index (χ0v) is 40.3. The van der Waals surface area contributed by atoms with Gasteiger partial charge in [0, 0.05) is 13.0 Å². The summed E-state index contributed by atoms with van der Waals surface area (Å²) in [6, 6.07) is -7.58. The molecular weight excluding hydrogens is 949 g/mol. The number of carbonyl (C=O) groups is 12. The molecule has 0 aromatic heterocycles. The molecule has 27 nitrogen and oxygen atoms in total. The van der Waals surface area contributed by atoms with Crippen LogP contribution in [0.5, 0.6) is 5.75 Å². The van der Waals surface area contributed by atoms with Crippen LogP contribution in [0.2, 0.25) is 0 Å². The van der Waals surface area contributed by atoms with E-state index in [1.54, 1.807) is 0 Å². The number of nitrogens with one attached hydrogen (secondary N) is 9. The number of benzene rings is 1. The number of phenols is 1. The van der Waals surface area contributed by atoms with E-state index in [1.165, 1.54) is 37.1 Å². The number of phenolic OH excluding ortho intramolecular Hbond substituents is 1. The van der Waals surface area contributed by atoms with E-state index in [0.29, 0.717) is 12.0 Å². The lowest BCUT2D eigenvalue weighted by atomic mass is 10.0. The number of aliphatic hydroxyl groups is 2. The van der Waals surface area contributed by atoms with E-state index in [1.807, 2.05) is 0 Å². The van der Waals surface area contributed by atoms with Crippen LogP contribution in [-0.4, -0.2) is 155 Å². The van der Waals surface area contributed by atoms with Crippen LogP contribution in [0.4, 0.5) is 0 Å². The van der Waals surface area contributed by atoms with Crippen molar-refractivity contribution in [3.8, 4) is 5.75 Å². The van der Waals surface area contributed by atoms with Crippen LogP contribution in [-0.2, 0) is 64.0 Å². The first-order valence-corrected chi connectivity index (χ1v) is 23.7. The molecule has 400 valence electrons. The highest BCUT2D eigenvalue weighted by atomic mass is 16.3. The van der Waals surface area contributed by atoms with Crippen LogP contribution in [0.3, 0.4) is 0 Å². The predicted molar refractivity (Wildman–Crippen MR) is 253 cm³/mol. The molecule has 72 heavy (non-hydrogen) atoms. The van der Waals surface area contributed by atoms with Gasteiger partial charge in [-0.2, -0.15) is 0 Å². The lowest BCUT2D eigenvalue weighted by Crippen LogP contribution is -2.60. The number of rotatable bonds is 22. The van der Waals surface area contributed by atoms with Gasteiger partial charge in [0.25, 0.3) is 0 Å². The maximum atomic E-state index is 13.9. The van der Waals surface area contributed by atoms with Crippen LogP contribution in [0.15, 0.2) is 24.3 Å². The van der Waals surface area contributed by atoms with Crippen molar-refractivity contribution in [2.24, 2.45) is 17.2 Å². The highest BCUT2D eigenvalue weighted by molar-refractivity contribution is 6.00. The van der Waals surface area contributed by atoms with Gasteiger partial charge in [0.2, 0.25) is 70.9 Å². The quantitative estimate of drug-likeness (QED) is 0.0482. The summed E-state index contributed by atoms with van der Waals surface area (Å²) in [6.07, 6.45) is 5.91. The van der Waals surface area contributed by atoms with Crippen LogP contribution >= 0.6 is 0 Å². The fraction of sp³-hybridized carbons (Fsp3) is 0.600. The molecule has 0 saturated carbocycles. The third kappa shape index (κ3) is 23.5. The van der Waals surface area contributed by atoms with E-state index in [9.17, 15) is 72.9 Å². The number of hydrogen-bond acceptors (Lipinski definition) is 15. The van der Waals surface area contributed by atoms with Gasteiger partial charge < -0.3 is 80.4 Å². The average Bonchev–Trinajstić information content (AvgIpc) is 3.31. The van der Waals surface area contributed by atoms with Crippen molar-refractivity contribution in [1.82, 2.24) is 47.9 Å². The molecule has 0 spiro atoms. The van der Waals surface area contributed by atoms with Gasteiger partial charge in [0.15, 0.2) is 0 Å². The molecule has 1 heterocycles. The van der Waals surface area contributed by atoms with E-state index in [-0.39, 0.29) is 18.7 Å². The van der Waals surface area contributed by atoms with Crippen LogP contribution < -0.4 is 65.1 Å². The lowest BCUT2D eigenvalue weighted by Gasteiger charge is -2.26. The van der Waals surface area contributed by atoms with Crippen molar-refractivity contribution in [2.45, 2.75) is 146 Å². The molecule has 0 unspecified atom stereocenters. The van der Waals surface area contributed by atoms with Gasteiger partial charge in [-0.05, 0) is 24.1 Å². The molecule has 1 aliphatic rings. The van der Waals surface area contributed by atoms with Crippen LogP contribution in [0, 0.1) is 0 Å². The second-order valence-electron chi connectivity index (χ2n) is 17.2. The summed E-state index contributed by atoms with van der Waals surface area (Å²) < 4.78 is 0. The minimum absolute atomic E-state index is 0.0912. The number of aromatic hydroxyl groups is 1. The molecule has 0 radical (unpaired) electrons. The molecule has 18 N–H and O–H groups in total. The summed E-state index contributed by atoms with van der Waals surface area (Å²) in [5, 5.41) is 50.3. The molecule has 2 rings (SSSR count). The molecule has 1 saturated heterocycles. The van der Waals surface area contributed by atoms with Crippen molar-refractivity contribution >= 4 is 70.9 Å². The summed E-state index contributed by atoms with van der Waals surface area (Å²) >= 11 is 0. The number of carbonyl (C=O) groups excluding carboxylic acids is 12. The summed E-state index contributed by atoms with van der Waals surface area (Å²) in [4.78, 5) is 158. The Morgan fingerprint density at radius 3 is 1.44 bits per heavy atom. The first-order chi connectivity index (χ1) is 34.2. The molecule has 1 aromatic carbocycles. The first-order valence-electron chi connectivity index (χ1n) is 23.7. The van der Waals surface area contributed by atoms with E-state index in [2.05, 4.69) is 54.8 Å². The van der Waals surface area contributed by atoms with Gasteiger partial charge in [-0.3, -0.25) is 57.5 Å².